The van der Waals surface area contributed by atoms with Gasteiger partial charge in [-0.15, -0.1) is 0 Å². The van der Waals surface area contributed by atoms with Crippen LogP contribution in [0.5, 0.6) is 11.5 Å². The standard InChI is InChI=1S/C20H22N2O7/c1-13(19(23)21(2)12-14-8-6-5-7-9-14)29-20(24)15-10-17(27-3)18(28-4)11-16(15)22(25)26/h5-11,13H,12H2,1-4H3/t13-/m1/s1. The Kier molecular flexibility index (Phi) is 7.13. The van der Waals surface area contributed by atoms with Crippen molar-refractivity contribution in [2.45, 2.75) is 19.6 Å². The Bertz CT molecular complexity index is 899. The topological polar surface area (TPSA) is 108 Å². The van der Waals surface area contributed by atoms with Crippen LogP contribution in [0, 0.1) is 10.1 Å². The lowest BCUT2D eigenvalue weighted by molar-refractivity contribution is -0.385. The number of methoxy groups -OCH3 is 2. The van der Waals surface area contributed by atoms with Gasteiger partial charge in [0.15, 0.2) is 17.6 Å². The Morgan fingerprint density at radius 1 is 1.10 bits per heavy atom. The molecular weight excluding hydrogens is 380 g/mol. The minimum atomic E-state index is -1.14. The number of nitro benzene ring substituents is 1. The van der Waals surface area contributed by atoms with Gasteiger partial charge >= 0.3 is 5.97 Å². The summed E-state index contributed by atoms with van der Waals surface area (Å²) in [5, 5.41) is 11.4. The predicted molar refractivity (Wildman–Crippen MR) is 104 cm³/mol. The highest BCUT2D eigenvalue weighted by atomic mass is 16.6. The van der Waals surface area contributed by atoms with Crippen molar-refractivity contribution in [3.63, 3.8) is 0 Å². The number of carbonyl (C=O) groups is 2. The van der Waals surface area contributed by atoms with Crippen molar-refractivity contribution in [3.8, 4) is 11.5 Å². The molecule has 0 N–H and O–H groups in total. The van der Waals surface area contributed by atoms with Gasteiger partial charge in [0.2, 0.25) is 0 Å². The summed E-state index contributed by atoms with van der Waals surface area (Å²) in [6.07, 6.45) is -1.14. The first-order chi connectivity index (χ1) is 13.8. The van der Waals surface area contributed by atoms with Crippen molar-refractivity contribution in [2.24, 2.45) is 0 Å². The monoisotopic (exact) mass is 402 g/mol. The van der Waals surface area contributed by atoms with E-state index in [4.69, 9.17) is 14.2 Å². The lowest BCUT2D eigenvalue weighted by Crippen LogP contribution is -2.37. The van der Waals surface area contributed by atoms with Gasteiger partial charge in [0.05, 0.1) is 25.2 Å². The molecule has 9 nitrogen and oxygen atoms in total. The average molecular weight is 402 g/mol. The maximum absolute atomic E-state index is 12.5. The molecule has 0 radical (unpaired) electrons. The molecule has 0 fully saturated rings. The zero-order chi connectivity index (χ0) is 21.6. The van der Waals surface area contributed by atoms with Gasteiger partial charge in [-0.25, -0.2) is 4.79 Å². The third-order valence-corrected chi connectivity index (χ3v) is 4.19. The summed E-state index contributed by atoms with van der Waals surface area (Å²) >= 11 is 0. The average Bonchev–Trinajstić information content (AvgIpc) is 2.72. The summed E-state index contributed by atoms with van der Waals surface area (Å²) in [5.74, 6) is -1.22. The van der Waals surface area contributed by atoms with E-state index in [2.05, 4.69) is 0 Å². The highest BCUT2D eigenvalue weighted by Gasteiger charge is 2.29. The van der Waals surface area contributed by atoms with Crippen LogP contribution in [0.2, 0.25) is 0 Å². The highest BCUT2D eigenvalue weighted by molar-refractivity contribution is 5.96. The van der Waals surface area contributed by atoms with Crippen LogP contribution in [-0.4, -0.2) is 49.1 Å². The largest absolute Gasteiger partial charge is 0.493 e. The molecule has 29 heavy (non-hydrogen) atoms. The Hall–Kier alpha value is -3.62. The van der Waals surface area contributed by atoms with E-state index in [-0.39, 0.29) is 17.1 Å². The van der Waals surface area contributed by atoms with Gasteiger partial charge in [-0.05, 0) is 12.5 Å². The Morgan fingerprint density at radius 2 is 1.69 bits per heavy atom. The second-order valence-corrected chi connectivity index (χ2v) is 6.21. The fourth-order valence-corrected chi connectivity index (χ4v) is 2.70. The lowest BCUT2D eigenvalue weighted by atomic mass is 10.1. The predicted octanol–water partition coefficient (Wildman–Crippen LogP) is 2.82. The van der Waals surface area contributed by atoms with Crippen molar-refractivity contribution < 1.29 is 28.7 Å². The van der Waals surface area contributed by atoms with E-state index in [9.17, 15) is 19.7 Å². The summed E-state index contributed by atoms with van der Waals surface area (Å²) < 4.78 is 15.3. The summed E-state index contributed by atoms with van der Waals surface area (Å²) in [5.41, 5.74) is 0.0698. The molecule has 2 aromatic rings. The second kappa shape index (κ2) is 9.54. The summed E-state index contributed by atoms with van der Waals surface area (Å²) in [6, 6.07) is 11.5. The maximum Gasteiger partial charge on any atom is 0.346 e. The molecule has 0 unspecified atom stereocenters. The molecule has 0 aromatic heterocycles. The number of hydrogen-bond donors (Lipinski definition) is 0. The molecule has 0 bridgehead atoms. The van der Waals surface area contributed by atoms with Crippen LogP contribution < -0.4 is 9.47 Å². The van der Waals surface area contributed by atoms with Gasteiger partial charge in [-0.1, -0.05) is 30.3 Å². The molecule has 0 saturated carbocycles. The first kappa shape index (κ1) is 21.7. The first-order valence-electron chi connectivity index (χ1n) is 8.68. The molecule has 0 aliphatic heterocycles. The van der Waals surface area contributed by atoms with Gasteiger partial charge in [0.1, 0.15) is 5.56 Å². The number of amides is 1. The molecule has 0 aliphatic carbocycles. The molecule has 0 spiro atoms. The number of rotatable bonds is 8. The Morgan fingerprint density at radius 3 is 2.24 bits per heavy atom. The number of nitrogens with zero attached hydrogens (tertiary/aromatic N) is 2. The van der Waals surface area contributed by atoms with Crippen LogP contribution in [0.4, 0.5) is 5.69 Å². The first-order valence-corrected chi connectivity index (χ1v) is 8.68. The molecule has 2 rings (SSSR count). The summed E-state index contributed by atoms with van der Waals surface area (Å²) in [4.78, 5) is 37.1. The van der Waals surface area contributed by atoms with Crippen molar-refractivity contribution in [3.05, 3.63) is 63.7 Å². The Labute approximate surface area is 167 Å². The van der Waals surface area contributed by atoms with Crippen LogP contribution in [0.15, 0.2) is 42.5 Å². The fourth-order valence-electron chi connectivity index (χ4n) is 2.70. The van der Waals surface area contributed by atoms with Crippen LogP contribution in [0.3, 0.4) is 0 Å². The van der Waals surface area contributed by atoms with Gasteiger partial charge in [-0.2, -0.15) is 0 Å². The zero-order valence-electron chi connectivity index (χ0n) is 16.6. The van der Waals surface area contributed by atoms with Crippen molar-refractivity contribution in [1.29, 1.82) is 0 Å². The Balaban J connectivity index is 2.18. The number of nitro groups is 1. The van der Waals surface area contributed by atoms with Crippen molar-refractivity contribution in [1.82, 2.24) is 4.90 Å². The van der Waals surface area contributed by atoms with Gasteiger partial charge in [0.25, 0.3) is 11.6 Å². The van der Waals surface area contributed by atoms with Crippen LogP contribution >= 0.6 is 0 Å². The molecule has 154 valence electrons. The SMILES string of the molecule is COc1cc(C(=O)O[C@H](C)C(=O)N(C)Cc2ccccc2)c([N+](=O)[O-])cc1OC. The summed E-state index contributed by atoms with van der Waals surface area (Å²) in [6.45, 7) is 1.74. The van der Waals surface area contributed by atoms with Gasteiger partial charge in [0, 0.05) is 19.7 Å². The number of likely N-dealkylation sites (N-methyl/N-ethyl adjacent to an activating group) is 1. The van der Waals surface area contributed by atoms with Gasteiger partial charge < -0.3 is 19.1 Å². The maximum atomic E-state index is 12.5. The third kappa shape index (κ3) is 5.22. The number of ether oxygens (including phenoxy) is 3. The molecule has 2 aromatic carbocycles. The quantitative estimate of drug-likeness (QED) is 0.379. The van der Waals surface area contributed by atoms with E-state index >= 15 is 0 Å². The molecule has 9 heteroatoms. The van der Waals surface area contributed by atoms with Crippen LogP contribution in [-0.2, 0) is 16.1 Å². The van der Waals surface area contributed by atoms with Crippen molar-refractivity contribution >= 4 is 17.6 Å². The number of esters is 1. The zero-order valence-corrected chi connectivity index (χ0v) is 16.6. The molecule has 1 atom stereocenters. The van der Waals surface area contributed by atoms with Gasteiger partial charge in [-0.3, -0.25) is 14.9 Å². The molecule has 1 amide bonds. The normalized spacial score (nSPS) is 11.3. The summed E-state index contributed by atoms with van der Waals surface area (Å²) in [7, 11) is 4.24. The van der Waals surface area contributed by atoms with Crippen LogP contribution in [0.25, 0.3) is 0 Å². The molecule has 0 saturated heterocycles. The van der Waals surface area contributed by atoms with Crippen molar-refractivity contribution in [2.75, 3.05) is 21.3 Å². The molecule has 0 aliphatic rings. The fraction of sp³-hybridized carbons (Fsp3) is 0.300. The smallest absolute Gasteiger partial charge is 0.346 e. The molecule has 0 heterocycles. The second-order valence-electron chi connectivity index (χ2n) is 6.21. The van der Waals surface area contributed by atoms with E-state index in [0.717, 1.165) is 17.7 Å². The highest BCUT2D eigenvalue weighted by Crippen LogP contribution is 2.35. The third-order valence-electron chi connectivity index (χ3n) is 4.19. The minimum absolute atomic E-state index is 0.0995. The molecular formula is C20H22N2O7. The van der Waals surface area contributed by atoms with E-state index in [1.165, 1.54) is 26.0 Å². The van der Waals surface area contributed by atoms with E-state index < -0.39 is 28.6 Å². The number of carbonyl (C=O) groups excluding carboxylic acids is 2. The van der Waals surface area contributed by atoms with E-state index in [1.54, 1.807) is 7.05 Å². The van der Waals surface area contributed by atoms with E-state index in [0.29, 0.717) is 6.54 Å². The number of benzene rings is 2. The number of hydrogen-bond acceptors (Lipinski definition) is 7. The lowest BCUT2D eigenvalue weighted by Gasteiger charge is -2.21. The van der Waals surface area contributed by atoms with E-state index in [1.807, 2.05) is 30.3 Å². The van der Waals surface area contributed by atoms with Crippen LogP contribution in [0.1, 0.15) is 22.8 Å². The minimum Gasteiger partial charge on any atom is -0.493 e.